The van der Waals surface area contributed by atoms with E-state index in [1.807, 2.05) is 11.9 Å². The van der Waals surface area contributed by atoms with Crippen LogP contribution in [-0.4, -0.2) is 36.6 Å². The number of morpholine rings is 1. The van der Waals surface area contributed by atoms with Crippen molar-refractivity contribution < 1.29 is 17.9 Å². The molecular formula is C11H14F3N3O. The molecule has 2 N–H and O–H groups in total. The summed E-state index contributed by atoms with van der Waals surface area (Å²) in [6, 6.07) is 0.854. The van der Waals surface area contributed by atoms with Crippen LogP contribution in [0.15, 0.2) is 12.3 Å². The van der Waals surface area contributed by atoms with Crippen molar-refractivity contribution in [1.29, 1.82) is 0 Å². The van der Waals surface area contributed by atoms with Crippen LogP contribution < -0.4 is 5.73 Å². The molecule has 4 nitrogen and oxygen atoms in total. The smallest absolute Gasteiger partial charge is 0.384 e. The zero-order chi connectivity index (χ0) is 13.3. The lowest BCUT2D eigenvalue weighted by Gasteiger charge is -2.31. The van der Waals surface area contributed by atoms with Gasteiger partial charge in [-0.25, -0.2) is 4.98 Å². The van der Waals surface area contributed by atoms with Gasteiger partial charge in [-0.05, 0) is 13.1 Å². The molecule has 1 saturated heterocycles. The number of pyridine rings is 1. The molecule has 1 fully saturated rings. The van der Waals surface area contributed by atoms with Crippen LogP contribution in [0.3, 0.4) is 0 Å². The highest BCUT2D eigenvalue weighted by molar-refractivity contribution is 5.40. The summed E-state index contributed by atoms with van der Waals surface area (Å²) in [6.07, 6.45) is -3.92. The number of rotatable bonds is 1. The van der Waals surface area contributed by atoms with Crippen molar-refractivity contribution in [2.24, 2.45) is 0 Å². The van der Waals surface area contributed by atoms with Crippen LogP contribution in [0.25, 0.3) is 0 Å². The summed E-state index contributed by atoms with van der Waals surface area (Å²) in [5.41, 5.74) is 4.60. The molecule has 1 aromatic heterocycles. The van der Waals surface area contributed by atoms with E-state index >= 15 is 0 Å². The molecule has 0 radical (unpaired) electrons. The van der Waals surface area contributed by atoms with Crippen molar-refractivity contribution in [3.63, 3.8) is 0 Å². The number of halogens is 3. The van der Waals surface area contributed by atoms with E-state index in [1.54, 1.807) is 0 Å². The summed E-state index contributed by atoms with van der Waals surface area (Å²) in [6.45, 7) is 1.53. The number of alkyl halides is 3. The Morgan fingerprint density at radius 3 is 2.83 bits per heavy atom. The molecule has 0 saturated carbocycles. The molecule has 1 aromatic rings. The maximum Gasteiger partial charge on any atom is 0.416 e. The predicted molar refractivity (Wildman–Crippen MR) is 59.8 cm³/mol. The van der Waals surface area contributed by atoms with Gasteiger partial charge in [-0.15, -0.1) is 0 Å². The number of anilines is 1. The molecule has 0 amide bonds. The number of aromatic nitrogens is 1. The van der Waals surface area contributed by atoms with Gasteiger partial charge in [-0.3, -0.25) is 0 Å². The molecule has 7 heteroatoms. The molecule has 1 aliphatic heterocycles. The molecule has 1 atom stereocenters. The van der Waals surface area contributed by atoms with Gasteiger partial charge in [0.05, 0.1) is 18.3 Å². The summed E-state index contributed by atoms with van der Waals surface area (Å²) in [4.78, 5) is 5.65. The highest BCUT2D eigenvalue weighted by Gasteiger charge is 2.37. The molecule has 100 valence electrons. The number of nitrogen functional groups attached to an aromatic ring is 1. The maximum absolute atomic E-state index is 12.9. The Bertz CT molecular complexity index is 436. The predicted octanol–water partition coefficient (Wildman–Crippen LogP) is 1.69. The van der Waals surface area contributed by atoms with E-state index in [0.29, 0.717) is 19.7 Å². The number of nitrogens with two attached hydrogens (primary N) is 1. The average Bonchev–Trinajstić information content (AvgIpc) is 2.27. The molecule has 0 unspecified atom stereocenters. The minimum atomic E-state index is -4.45. The Balaban J connectivity index is 2.37. The van der Waals surface area contributed by atoms with E-state index in [0.717, 1.165) is 12.3 Å². The first-order chi connectivity index (χ1) is 8.38. The molecule has 2 rings (SSSR count). The fraction of sp³-hybridized carbons (Fsp3) is 0.545. The maximum atomic E-state index is 12.9. The van der Waals surface area contributed by atoms with Gasteiger partial charge >= 0.3 is 6.18 Å². The van der Waals surface area contributed by atoms with Crippen molar-refractivity contribution in [2.45, 2.75) is 12.3 Å². The summed E-state index contributed by atoms with van der Waals surface area (Å²) in [7, 11) is 1.84. The summed E-state index contributed by atoms with van der Waals surface area (Å²) < 4.78 is 44.2. The van der Waals surface area contributed by atoms with Crippen molar-refractivity contribution in [2.75, 3.05) is 32.5 Å². The Hall–Kier alpha value is -1.34. The quantitative estimate of drug-likeness (QED) is 0.835. The van der Waals surface area contributed by atoms with Crippen LogP contribution in [0.2, 0.25) is 0 Å². The normalized spacial score (nSPS) is 22.1. The topological polar surface area (TPSA) is 51.4 Å². The SMILES string of the molecule is CN1CCO[C@@H](c2cnc(N)cc2C(F)(F)F)C1. The Kier molecular flexibility index (Phi) is 3.45. The largest absolute Gasteiger partial charge is 0.416 e. The monoisotopic (exact) mass is 261 g/mol. The lowest BCUT2D eigenvalue weighted by Crippen LogP contribution is -2.36. The first kappa shape index (κ1) is 13.1. The first-order valence-corrected chi connectivity index (χ1v) is 5.50. The van der Waals surface area contributed by atoms with Gasteiger partial charge in [0.15, 0.2) is 0 Å². The van der Waals surface area contributed by atoms with Crippen LogP contribution in [0.1, 0.15) is 17.2 Å². The standard InChI is InChI=1S/C11H14F3N3O/c1-17-2-3-18-9(6-17)7-5-16-10(15)4-8(7)11(12,13)14/h4-5,9H,2-3,6H2,1H3,(H2,15,16)/t9-/m1/s1. The van der Waals surface area contributed by atoms with Crippen molar-refractivity contribution in [3.8, 4) is 0 Å². The summed E-state index contributed by atoms with van der Waals surface area (Å²) in [5.74, 6) is -0.143. The van der Waals surface area contributed by atoms with E-state index in [2.05, 4.69) is 4.98 Å². The van der Waals surface area contributed by atoms with Crippen molar-refractivity contribution >= 4 is 5.82 Å². The van der Waals surface area contributed by atoms with Gasteiger partial charge in [0.1, 0.15) is 5.82 Å². The van der Waals surface area contributed by atoms with Crippen LogP contribution in [0, 0.1) is 0 Å². The van der Waals surface area contributed by atoms with Crippen LogP contribution in [0.4, 0.5) is 19.0 Å². The highest BCUT2D eigenvalue weighted by atomic mass is 19.4. The van der Waals surface area contributed by atoms with E-state index in [4.69, 9.17) is 10.5 Å². The van der Waals surface area contributed by atoms with Crippen LogP contribution in [0.5, 0.6) is 0 Å². The minimum absolute atomic E-state index is 0.0447. The molecule has 2 heterocycles. The number of ether oxygens (including phenoxy) is 1. The second-order valence-electron chi connectivity index (χ2n) is 4.32. The summed E-state index contributed by atoms with van der Waals surface area (Å²) in [5, 5.41) is 0. The highest BCUT2D eigenvalue weighted by Crippen LogP contribution is 2.36. The summed E-state index contributed by atoms with van der Waals surface area (Å²) >= 11 is 0. The zero-order valence-electron chi connectivity index (χ0n) is 9.87. The van der Waals surface area contributed by atoms with E-state index in [9.17, 15) is 13.2 Å². The third-order valence-corrected chi connectivity index (χ3v) is 2.88. The minimum Gasteiger partial charge on any atom is -0.384 e. The number of likely N-dealkylation sites (N-methyl/N-ethyl adjacent to an activating group) is 1. The first-order valence-electron chi connectivity index (χ1n) is 5.50. The third-order valence-electron chi connectivity index (χ3n) is 2.88. The van der Waals surface area contributed by atoms with Gasteiger partial charge in [-0.2, -0.15) is 13.2 Å². The Morgan fingerprint density at radius 1 is 1.50 bits per heavy atom. The van der Waals surface area contributed by atoms with Gasteiger partial charge in [0.2, 0.25) is 0 Å². The van der Waals surface area contributed by atoms with E-state index in [1.165, 1.54) is 0 Å². The molecule has 18 heavy (non-hydrogen) atoms. The number of nitrogens with zero attached hydrogens (tertiary/aromatic N) is 2. The van der Waals surface area contributed by atoms with Crippen LogP contribution in [-0.2, 0) is 10.9 Å². The number of hydrogen-bond donors (Lipinski definition) is 1. The van der Waals surface area contributed by atoms with Gasteiger partial charge in [0, 0.05) is 24.8 Å². The zero-order valence-corrected chi connectivity index (χ0v) is 9.87. The second-order valence-corrected chi connectivity index (χ2v) is 4.32. The van der Waals surface area contributed by atoms with Crippen LogP contribution >= 0.6 is 0 Å². The van der Waals surface area contributed by atoms with Crippen molar-refractivity contribution in [3.05, 3.63) is 23.4 Å². The molecule has 0 aromatic carbocycles. The molecular weight excluding hydrogens is 247 g/mol. The molecule has 0 spiro atoms. The van der Waals surface area contributed by atoms with Gasteiger partial charge in [-0.1, -0.05) is 0 Å². The lowest BCUT2D eigenvalue weighted by molar-refractivity contribution is -0.140. The fourth-order valence-corrected chi connectivity index (χ4v) is 1.95. The van der Waals surface area contributed by atoms with E-state index in [-0.39, 0.29) is 11.4 Å². The van der Waals surface area contributed by atoms with Gasteiger partial charge < -0.3 is 15.4 Å². The molecule has 0 aliphatic carbocycles. The average molecular weight is 261 g/mol. The lowest BCUT2D eigenvalue weighted by atomic mass is 10.0. The Morgan fingerprint density at radius 2 is 2.22 bits per heavy atom. The fourth-order valence-electron chi connectivity index (χ4n) is 1.95. The molecule has 0 bridgehead atoms. The third kappa shape index (κ3) is 2.73. The van der Waals surface area contributed by atoms with Gasteiger partial charge in [0.25, 0.3) is 0 Å². The molecule has 1 aliphatic rings. The Labute approximate surface area is 103 Å². The second kappa shape index (κ2) is 4.74. The number of hydrogen-bond acceptors (Lipinski definition) is 4. The van der Waals surface area contributed by atoms with E-state index < -0.39 is 17.8 Å². The van der Waals surface area contributed by atoms with Crippen molar-refractivity contribution in [1.82, 2.24) is 9.88 Å².